The highest BCUT2D eigenvalue weighted by Crippen LogP contribution is 2.19. The molecule has 2 heterocycles. The molecule has 0 spiro atoms. The van der Waals surface area contributed by atoms with Crippen LogP contribution in [-0.2, 0) is 6.42 Å². The van der Waals surface area contributed by atoms with E-state index in [4.69, 9.17) is 10.3 Å². The van der Waals surface area contributed by atoms with Crippen molar-refractivity contribution in [3.05, 3.63) is 29.3 Å². The zero-order valence-corrected chi connectivity index (χ0v) is 11.7. The van der Waals surface area contributed by atoms with E-state index in [0.29, 0.717) is 24.2 Å². The average molecular weight is 260 g/mol. The highest BCUT2D eigenvalue weighted by molar-refractivity contribution is 5.53. The summed E-state index contributed by atoms with van der Waals surface area (Å²) < 4.78 is 5.28. The first kappa shape index (κ1) is 13.7. The van der Waals surface area contributed by atoms with E-state index >= 15 is 0 Å². The maximum absolute atomic E-state index is 5.69. The molecule has 1 atom stereocenters. The van der Waals surface area contributed by atoms with Gasteiger partial charge in [0.15, 0.2) is 0 Å². The fraction of sp³-hybridized carbons (Fsp3) is 0.500. The summed E-state index contributed by atoms with van der Waals surface area (Å²) in [4.78, 5) is 8.78. The molecule has 0 saturated heterocycles. The van der Waals surface area contributed by atoms with Crippen molar-refractivity contribution in [3.63, 3.8) is 0 Å². The molecule has 2 rings (SSSR count). The maximum atomic E-state index is 5.69. The van der Waals surface area contributed by atoms with Crippen LogP contribution in [0.3, 0.4) is 0 Å². The Labute approximate surface area is 113 Å². The number of aryl methyl sites for hydroxylation is 2. The average Bonchev–Trinajstić information content (AvgIpc) is 2.84. The number of hydrogen-bond donors (Lipinski definition) is 1. The van der Waals surface area contributed by atoms with Crippen LogP contribution in [0, 0.1) is 19.8 Å². The van der Waals surface area contributed by atoms with Crippen LogP contribution in [0.25, 0.3) is 11.5 Å². The lowest BCUT2D eigenvalue weighted by Crippen LogP contribution is -2.15. The van der Waals surface area contributed by atoms with Gasteiger partial charge in [0.2, 0.25) is 11.7 Å². The van der Waals surface area contributed by atoms with E-state index in [1.54, 1.807) is 0 Å². The Morgan fingerprint density at radius 1 is 1.37 bits per heavy atom. The van der Waals surface area contributed by atoms with Crippen molar-refractivity contribution in [2.75, 3.05) is 6.54 Å². The fourth-order valence-electron chi connectivity index (χ4n) is 2.02. The largest absolute Gasteiger partial charge is 0.339 e. The molecular formula is C14H20N4O. The van der Waals surface area contributed by atoms with Crippen LogP contribution in [0.15, 0.2) is 16.8 Å². The number of nitrogens with two attached hydrogens (primary N) is 1. The van der Waals surface area contributed by atoms with Gasteiger partial charge < -0.3 is 10.3 Å². The van der Waals surface area contributed by atoms with E-state index in [2.05, 4.69) is 28.1 Å². The minimum absolute atomic E-state index is 0.389. The summed E-state index contributed by atoms with van der Waals surface area (Å²) in [6.45, 7) is 6.76. The summed E-state index contributed by atoms with van der Waals surface area (Å²) in [7, 11) is 0. The molecule has 0 amide bonds. The minimum Gasteiger partial charge on any atom is -0.339 e. The van der Waals surface area contributed by atoms with E-state index in [9.17, 15) is 0 Å². The smallest absolute Gasteiger partial charge is 0.227 e. The Morgan fingerprint density at radius 3 is 2.79 bits per heavy atom. The maximum Gasteiger partial charge on any atom is 0.227 e. The second-order valence-corrected chi connectivity index (χ2v) is 4.90. The molecule has 102 valence electrons. The highest BCUT2D eigenvalue weighted by atomic mass is 16.5. The number of rotatable bonds is 5. The summed E-state index contributed by atoms with van der Waals surface area (Å²) in [5.41, 5.74) is 8.64. The van der Waals surface area contributed by atoms with Crippen LogP contribution in [0.5, 0.6) is 0 Å². The Kier molecular flexibility index (Phi) is 4.27. The molecule has 0 aromatic carbocycles. The molecule has 0 saturated carbocycles. The third kappa shape index (κ3) is 3.17. The molecule has 0 fully saturated rings. The third-order valence-electron chi connectivity index (χ3n) is 3.27. The van der Waals surface area contributed by atoms with Gasteiger partial charge in [-0.1, -0.05) is 24.6 Å². The molecule has 5 heteroatoms. The second-order valence-electron chi connectivity index (χ2n) is 4.90. The molecule has 0 aliphatic carbocycles. The van der Waals surface area contributed by atoms with Gasteiger partial charge in [0.05, 0.1) is 0 Å². The molecule has 1 unspecified atom stereocenters. The van der Waals surface area contributed by atoms with Crippen molar-refractivity contribution in [2.45, 2.75) is 33.6 Å². The summed E-state index contributed by atoms with van der Waals surface area (Å²) in [6, 6.07) is 2.06. The number of pyridine rings is 1. The van der Waals surface area contributed by atoms with Gasteiger partial charge in [-0.2, -0.15) is 4.98 Å². The van der Waals surface area contributed by atoms with Crippen LogP contribution in [-0.4, -0.2) is 21.7 Å². The van der Waals surface area contributed by atoms with Crippen LogP contribution in [0.4, 0.5) is 0 Å². The van der Waals surface area contributed by atoms with Gasteiger partial charge in [-0.3, -0.25) is 4.98 Å². The molecule has 0 aliphatic rings. The molecule has 0 aliphatic heterocycles. The van der Waals surface area contributed by atoms with Crippen molar-refractivity contribution in [3.8, 4) is 11.5 Å². The van der Waals surface area contributed by atoms with Crippen LogP contribution >= 0.6 is 0 Å². The van der Waals surface area contributed by atoms with E-state index < -0.39 is 0 Å². The Bertz CT molecular complexity index is 546. The Balaban J connectivity index is 2.20. The highest BCUT2D eigenvalue weighted by Gasteiger charge is 2.15. The summed E-state index contributed by atoms with van der Waals surface area (Å²) in [5, 5.41) is 4.01. The molecule has 0 radical (unpaired) electrons. The topological polar surface area (TPSA) is 77.8 Å². The lowest BCUT2D eigenvalue weighted by Gasteiger charge is -2.07. The van der Waals surface area contributed by atoms with E-state index in [1.807, 2.05) is 20.0 Å². The van der Waals surface area contributed by atoms with Crippen LogP contribution in [0.2, 0.25) is 0 Å². The first-order valence-corrected chi connectivity index (χ1v) is 6.60. The van der Waals surface area contributed by atoms with Gasteiger partial charge in [-0.25, -0.2) is 0 Å². The van der Waals surface area contributed by atoms with Crippen molar-refractivity contribution in [1.29, 1.82) is 0 Å². The predicted molar refractivity (Wildman–Crippen MR) is 73.5 cm³/mol. The van der Waals surface area contributed by atoms with Gasteiger partial charge in [-0.05, 0) is 37.4 Å². The number of aromatic nitrogens is 3. The fourth-order valence-corrected chi connectivity index (χ4v) is 2.02. The van der Waals surface area contributed by atoms with E-state index in [1.165, 1.54) is 0 Å². The van der Waals surface area contributed by atoms with Gasteiger partial charge in [-0.15, -0.1) is 0 Å². The van der Waals surface area contributed by atoms with E-state index in [-0.39, 0.29) is 0 Å². The van der Waals surface area contributed by atoms with Gasteiger partial charge in [0.1, 0.15) is 5.69 Å². The Hall–Kier alpha value is -1.75. The predicted octanol–water partition coefficient (Wildman–Crippen LogP) is 2.28. The monoisotopic (exact) mass is 260 g/mol. The normalized spacial score (nSPS) is 12.6. The molecular weight excluding hydrogens is 240 g/mol. The van der Waals surface area contributed by atoms with Gasteiger partial charge >= 0.3 is 0 Å². The van der Waals surface area contributed by atoms with Gasteiger partial charge in [0, 0.05) is 12.6 Å². The standard InChI is InChI=1S/C14H20N4O/c1-4-11(7-15)6-12-17-14(18-19-12)13-10(3)5-9(2)8-16-13/h5,8,11H,4,6-7,15H2,1-3H3. The van der Waals surface area contributed by atoms with Crippen molar-refractivity contribution in [1.82, 2.24) is 15.1 Å². The zero-order valence-electron chi connectivity index (χ0n) is 11.7. The van der Waals surface area contributed by atoms with Gasteiger partial charge in [0.25, 0.3) is 0 Å². The van der Waals surface area contributed by atoms with Crippen LogP contribution in [0.1, 0.15) is 30.4 Å². The SMILES string of the molecule is CCC(CN)Cc1nc(-c2ncc(C)cc2C)no1. The van der Waals surface area contributed by atoms with Crippen molar-refractivity contribution < 1.29 is 4.52 Å². The van der Waals surface area contributed by atoms with Crippen molar-refractivity contribution >= 4 is 0 Å². The molecule has 2 N–H and O–H groups in total. The lowest BCUT2D eigenvalue weighted by atomic mass is 10.0. The molecule has 2 aromatic rings. The molecule has 0 bridgehead atoms. The first-order valence-electron chi connectivity index (χ1n) is 6.60. The molecule has 2 aromatic heterocycles. The van der Waals surface area contributed by atoms with Crippen molar-refractivity contribution in [2.24, 2.45) is 11.7 Å². The zero-order chi connectivity index (χ0) is 13.8. The third-order valence-corrected chi connectivity index (χ3v) is 3.27. The number of nitrogens with zero attached hydrogens (tertiary/aromatic N) is 3. The van der Waals surface area contributed by atoms with Crippen LogP contribution < -0.4 is 5.73 Å². The molecule has 19 heavy (non-hydrogen) atoms. The Morgan fingerprint density at radius 2 is 2.16 bits per heavy atom. The quantitative estimate of drug-likeness (QED) is 0.892. The summed E-state index contributed by atoms with van der Waals surface area (Å²) in [5.74, 6) is 1.58. The second kappa shape index (κ2) is 5.93. The first-order chi connectivity index (χ1) is 9.13. The van der Waals surface area contributed by atoms with E-state index in [0.717, 1.165) is 29.7 Å². The minimum atomic E-state index is 0.389. The lowest BCUT2D eigenvalue weighted by molar-refractivity contribution is 0.350. The molecule has 5 nitrogen and oxygen atoms in total. The summed E-state index contributed by atoms with van der Waals surface area (Å²) >= 11 is 0. The number of hydrogen-bond acceptors (Lipinski definition) is 5. The summed E-state index contributed by atoms with van der Waals surface area (Å²) in [6.07, 6.45) is 3.55.